The van der Waals surface area contributed by atoms with Crippen LogP contribution in [0.2, 0.25) is 0 Å². The molecule has 28 heavy (non-hydrogen) atoms. The van der Waals surface area contributed by atoms with Gasteiger partial charge >= 0.3 is 0 Å². The van der Waals surface area contributed by atoms with Gasteiger partial charge in [-0.1, -0.05) is 17.7 Å². The van der Waals surface area contributed by atoms with Crippen LogP contribution in [0.25, 0.3) is 0 Å². The van der Waals surface area contributed by atoms with Gasteiger partial charge in [-0.15, -0.1) is 0 Å². The van der Waals surface area contributed by atoms with Crippen molar-refractivity contribution < 1.29 is 14.3 Å². The lowest BCUT2D eigenvalue weighted by Gasteiger charge is -2.29. The maximum absolute atomic E-state index is 12.7. The predicted molar refractivity (Wildman–Crippen MR) is 110 cm³/mol. The number of rotatable bonds is 2. The lowest BCUT2D eigenvalue weighted by molar-refractivity contribution is -0.122. The van der Waals surface area contributed by atoms with E-state index in [1.807, 2.05) is 19.1 Å². The van der Waals surface area contributed by atoms with Crippen molar-refractivity contribution in [2.24, 2.45) is 0 Å². The second kappa shape index (κ2) is 9.24. The number of carbonyl (C=O) groups is 2. The molecule has 0 saturated carbocycles. The van der Waals surface area contributed by atoms with Gasteiger partial charge in [0.1, 0.15) is 12.4 Å². The van der Waals surface area contributed by atoms with E-state index in [-0.39, 0.29) is 23.9 Å². The number of allylic oxidation sites excluding steroid dienone is 1. The normalized spacial score (nSPS) is 23.7. The van der Waals surface area contributed by atoms with E-state index in [1.165, 1.54) is 5.57 Å². The minimum Gasteiger partial charge on any atom is -0.491 e. The molecule has 0 spiro atoms. The Morgan fingerprint density at radius 1 is 1.21 bits per heavy atom. The van der Waals surface area contributed by atoms with Gasteiger partial charge in [-0.05, 0) is 51.3 Å². The summed E-state index contributed by atoms with van der Waals surface area (Å²) in [6, 6.07) is 5.95. The number of benzene rings is 1. The van der Waals surface area contributed by atoms with Crippen molar-refractivity contribution in [3.05, 3.63) is 41.0 Å². The largest absolute Gasteiger partial charge is 0.491 e. The lowest BCUT2D eigenvalue weighted by Crippen LogP contribution is -2.44. The summed E-state index contributed by atoms with van der Waals surface area (Å²) in [5.74, 6) is 0.656. The highest BCUT2D eigenvalue weighted by Gasteiger charge is 2.34. The molecule has 2 aliphatic heterocycles. The van der Waals surface area contributed by atoms with Gasteiger partial charge < -0.3 is 15.4 Å². The zero-order valence-electron chi connectivity index (χ0n) is 17.1. The van der Waals surface area contributed by atoms with Crippen LogP contribution in [0, 0.1) is 6.92 Å². The van der Waals surface area contributed by atoms with E-state index in [0.29, 0.717) is 37.4 Å². The molecule has 1 aromatic carbocycles. The molecule has 0 radical (unpaired) electrons. The van der Waals surface area contributed by atoms with Crippen molar-refractivity contribution in [2.45, 2.75) is 52.1 Å². The van der Waals surface area contributed by atoms with E-state index in [1.54, 1.807) is 6.07 Å². The Morgan fingerprint density at radius 2 is 2.00 bits per heavy atom. The Morgan fingerprint density at radius 3 is 2.79 bits per heavy atom. The average Bonchev–Trinajstić information content (AvgIpc) is 3.03. The molecule has 3 rings (SSSR count). The highest BCUT2D eigenvalue weighted by atomic mass is 16.5. The molecule has 0 aromatic heterocycles. The smallest absolute Gasteiger partial charge is 0.251 e. The molecule has 2 atom stereocenters. The van der Waals surface area contributed by atoms with Crippen molar-refractivity contribution in [3.63, 3.8) is 0 Å². The summed E-state index contributed by atoms with van der Waals surface area (Å²) < 4.78 is 5.79. The topological polar surface area (TPSA) is 70.7 Å². The molecular formula is C22H31N3O3. The van der Waals surface area contributed by atoms with E-state index >= 15 is 0 Å². The second-order valence-corrected chi connectivity index (χ2v) is 7.96. The molecule has 2 aliphatic rings. The number of nitrogens with zero attached hydrogens (tertiary/aromatic N) is 1. The summed E-state index contributed by atoms with van der Waals surface area (Å²) in [5.41, 5.74) is 2.83. The SMILES string of the molecule is CC(C)=CCN1[C@@H]2CC[C@H]1CC(=O)NCCOc1cc(ccc1C)C(=O)NC2. The Bertz CT molecular complexity index is 755. The molecule has 6 nitrogen and oxygen atoms in total. The summed E-state index contributed by atoms with van der Waals surface area (Å²) in [6.07, 6.45) is 4.62. The minimum absolute atomic E-state index is 0.0563. The van der Waals surface area contributed by atoms with E-state index < -0.39 is 0 Å². The van der Waals surface area contributed by atoms with Gasteiger partial charge in [0.15, 0.2) is 0 Å². The minimum atomic E-state index is -0.0838. The molecule has 1 fully saturated rings. The third-order valence-electron chi connectivity index (χ3n) is 5.53. The number of hydrogen-bond acceptors (Lipinski definition) is 4. The number of carbonyl (C=O) groups excluding carboxylic acids is 2. The van der Waals surface area contributed by atoms with Crippen molar-refractivity contribution in [1.82, 2.24) is 15.5 Å². The first-order valence-corrected chi connectivity index (χ1v) is 10.1. The van der Waals surface area contributed by atoms with Crippen LogP contribution in [0.3, 0.4) is 0 Å². The Hall–Kier alpha value is -2.34. The molecule has 0 aliphatic carbocycles. The van der Waals surface area contributed by atoms with Gasteiger partial charge in [-0.3, -0.25) is 14.5 Å². The first kappa shape index (κ1) is 20.4. The van der Waals surface area contributed by atoms with Gasteiger partial charge in [-0.2, -0.15) is 0 Å². The fourth-order valence-corrected chi connectivity index (χ4v) is 3.89. The number of aryl methyl sites for hydroxylation is 1. The number of fused-ring (bicyclic) bond motifs is 4. The third kappa shape index (κ3) is 5.13. The Balaban J connectivity index is 1.81. The summed E-state index contributed by atoms with van der Waals surface area (Å²) in [6.45, 7) is 8.34. The summed E-state index contributed by atoms with van der Waals surface area (Å²) in [5, 5.41) is 6.05. The molecule has 1 saturated heterocycles. The first-order valence-electron chi connectivity index (χ1n) is 10.1. The fraction of sp³-hybridized carbons (Fsp3) is 0.545. The highest BCUT2D eigenvalue weighted by molar-refractivity contribution is 5.94. The summed E-state index contributed by atoms with van der Waals surface area (Å²) >= 11 is 0. The maximum atomic E-state index is 12.7. The fourth-order valence-electron chi connectivity index (χ4n) is 3.89. The molecule has 6 heteroatoms. The molecule has 0 unspecified atom stereocenters. The zero-order valence-corrected chi connectivity index (χ0v) is 17.1. The van der Waals surface area contributed by atoms with Crippen LogP contribution in [0.15, 0.2) is 29.8 Å². The molecular weight excluding hydrogens is 354 g/mol. The van der Waals surface area contributed by atoms with Crippen LogP contribution >= 0.6 is 0 Å². The van der Waals surface area contributed by atoms with E-state index in [2.05, 4.69) is 35.5 Å². The predicted octanol–water partition coefficient (Wildman–Crippen LogP) is 2.42. The van der Waals surface area contributed by atoms with E-state index in [0.717, 1.165) is 24.9 Å². The number of nitrogens with one attached hydrogen (secondary N) is 2. The van der Waals surface area contributed by atoms with Crippen LogP contribution in [0.5, 0.6) is 5.75 Å². The maximum Gasteiger partial charge on any atom is 0.251 e. The standard InChI is InChI=1S/C22H31N3O3/c1-15(2)8-10-25-18-6-7-19(25)14-24-22(27)17-5-4-16(3)20(12-17)28-11-9-23-21(26)13-18/h4-5,8,12,18-19H,6-7,9-11,13-14H2,1-3H3,(H,23,26)(H,24,27)/t18-,19+/m0/s1. The van der Waals surface area contributed by atoms with Gasteiger partial charge in [0.05, 0.1) is 6.54 Å². The third-order valence-corrected chi connectivity index (χ3v) is 5.53. The summed E-state index contributed by atoms with van der Waals surface area (Å²) in [4.78, 5) is 27.4. The van der Waals surface area contributed by atoms with Crippen molar-refractivity contribution in [3.8, 4) is 5.75 Å². The van der Waals surface area contributed by atoms with Crippen LogP contribution in [-0.4, -0.2) is 55.0 Å². The molecule has 2 N–H and O–H groups in total. The number of ether oxygens (including phenoxy) is 1. The summed E-state index contributed by atoms with van der Waals surface area (Å²) in [7, 11) is 0. The Labute approximate surface area is 167 Å². The first-order chi connectivity index (χ1) is 13.4. The van der Waals surface area contributed by atoms with Gasteiger partial charge in [0, 0.05) is 37.2 Å². The van der Waals surface area contributed by atoms with Gasteiger partial charge in [0.2, 0.25) is 5.91 Å². The number of hydrogen-bond donors (Lipinski definition) is 2. The molecule has 4 bridgehead atoms. The quantitative estimate of drug-likeness (QED) is 0.767. The molecule has 1 aromatic rings. The average molecular weight is 386 g/mol. The molecule has 152 valence electrons. The van der Waals surface area contributed by atoms with Crippen molar-refractivity contribution in [2.75, 3.05) is 26.2 Å². The molecule has 2 heterocycles. The molecule has 2 amide bonds. The van der Waals surface area contributed by atoms with Crippen LogP contribution < -0.4 is 15.4 Å². The van der Waals surface area contributed by atoms with Crippen molar-refractivity contribution >= 4 is 11.8 Å². The van der Waals surface area contributed by atoms with Crippen LogP contribution in [0.4, 0.5) is 0 Å². The Kier molecular flexibility index (Phi) is 6.73. The number of amides is 2. The van der Waals surface area contributed by atoms with E-state index in [4.69, 9.17) is 4.74 Å². The van der Waals surface area contributed by atoms with Crippen molar-refractivity contribution in [1.29, 1.82) is 0 Å². The second-order valence-electron chi connectivity index (χ2n) is 7.96. The zero-order chi connectivity index (χ0) is 20.1. The van der Waals surface area contributed by atoms with Crippen LogP contribution in [0.1, 0.15) is 49.0 Å². The lowest BCUT2D eigenvalue weighted by atomic mass is 10.1. The van der Waals surface area contributed by atoms with Gasteiger partial charge in [-0.25, -0.2) is 0 Å². The highest BCUT2D eigenvalue weighted by Crippen LogP contribution is 2.27. The van der Waals surface area contributed by atoms with E-state index in [9.17, 15) is 9.59 Å². The van der Waals surface area contributed by atoms with Crippen LogP contribution in [-0.2, 0) is 4.79 Å². The van der Waals surface area contributed by atoms with Gasteiger partial charge in [0.25, 0.3) is 5.91 Å². The monoisotopic (exact) mass is 385 g/mol.